The molecule has 4 nitrogen and oxygen atoms in total. The molecule has 1 saturated carbocycles. The maximum absolute atomic E-state index is 12.1. The van der Waals surface area contributed by atoms with E-state index in [2.05, 4.69) is 0 Å². The number of hydrogen-bond acceptors (Lipinski definition) is 4. The van der Waals surface area contributed by atoms with Crippen molar-refractivity contribution in [2.75, 3.05) is 7.11 Å². The molecule has 122 valence electrons. The van der Waals surface area contributed by atoms with Crippen molar-refractivity contribution in [1.82, 2.24) is 0 Å². The van der Waals surface area contributed by atoms with E-state index in [9.17, 15) is 9.59 Å². The third-order valence-corrected chi connectivity index (χ3v) is 4.94. The minimum atomic E-state index is -0.846. The molecule has 1 aromatic carbocycles. The highest BCUT2D eigenvalue weighted by molar-refractivity contribution is 6.12. The molecule has 0 N–H and O–H groups in total. The van der Waals surface area contributed by atoms with Crippen molar-refractivity contribution in [2.45, 2.75) is 45.6 Å². The van der Waals surface area contributed by atoms with Gasteiger partial charge in [0.1, 0.15) is 23.1 Å². The molecule has 1 aliphatic carbocycles. The van der Waals surface area contributed by atoms with Gasteiger partial charge in [-0.05, 0) is 38.0 Å². The highest BCUT2D eigenvalue weighted by Gasteiger charge is 2.44. The maximum atomic E-state index is 12.1. The summed E-state index contributed by atoms with van der Waals surface area (Å²) in [5, 5.41) is 0. The number of allylic oxidation sites excluding steroid dienone is 1. The summed E-state index contributed by atoms with van der Waals surface area (Å²) >= 11 is 0. The molecule has 1 aliphatic heterocycles. The fourth-order valence-electron chi connectivity index (χ4n) is 3.35. The van der Waals surface area contributed by atoms with Gasteiger partial charge < -0.3 is 9.47 Å². The van der Waals surface area contributed by atoms with E-state index < -0.39 is 5.41 Å². The minimum absolute atomic E-state index is 0.0589. The zero-order valence-electron chi connectivity index (χ0n) is 13.8. The maximum Gasteiger partial charge on any atom is 0.146 e. The summed E-state index contributed by atoms with van der Waals surface area (Å²) in [5.41, 5.74) is 1.31. The van der Waals surface area contributed by atoms with Gasteiger partial charge in [-0.1, -0.05) is 6.08 Å². The van der Waals surface area contributed by atoms with Gasteiger partial charge in [0.2, 0.25) is 0 Å². The number of fused-ring (bicyclic) bond motifs is 1. The SMILES string of the molecule is COc1ccc2c(c1)OC(C)CC2=CCC1(C)C(=O)CCC1=O. The highest BCUT2D eigenvalue weighted by Crippen LogP contribution is 2.41. The van der Waals surface area contributed by atoms with Gasteiger partial charge >= 0.3 is 0 Å². The van der Waals surface area contributed by atoms with Gasteiger partial charge in [0.25, 0.3) is 0 Å². The Labute approximate surface area is 136 Å². The average molecular weight is 314 g/mol. The standard InChI is InChI=1S/C19H22O4/c1-12-10-13(8-9-19(2)17(20)6-7-18(19)21)15-5-4-14(22-3)11-16(15)23-12/h4-5,8,11-12H,6-7,9-10H2,1-3H3. The lowest BCUT2D eigenvalue weighted by atomic mass is 9.81. The van der Waals surface area contributed by atoms with Crippen LogP contribution in [0.3, 0.4) is 0 Å². The Kier molecular flexibility index (Phi) is 4.00. The molecule has 1 aromatic rings. The molecule has 2 aliphatic rings. The second-order valence-corrected chi connectivity index (χ2v) is 6.61. The number of ether oxygens (including phenoxy) is 2. The van der Waals surface area contributed by atoms with E-state index in [1.54, 1.807) is 14.0 Å². The Balaban J connectivity index is 1.92. The van der Waals surface area contributed by atoms with Gasteiger partial charge in [0, 0.05) is 30.9 Å². The Morgan fingerprint density at radius 2 is 2.00 bits per heavy atom. The molecule has 0 spiro atoms. The van der Waals surface area contributed by atoms with Crippen LogP contribution < -0.4 is 9.47 Å². The van der Waals surface area contributed by atoms with Crippen molar-refractivity contribution in [1.29, 1.82) is 0 Å². The van der Waals surface area contributed by atoms with Crippen LogP contribution in [0.5, 0.6) is 11.5 Å². The van der Waals surface area contributed by atoms with Crippen molar-refractivity contribution >= 4 is 17.1 Å². The van der Waals surface area contributed by atoms with Crippen LogP contribution in [0.15, 0.2) is 24.3 Å². The van der Waals surface area contributed by atoms with Crippen LogP contribution in [0.4, 0.5) is 0 Å². The highest BCUT2D eigenvalue weighted by atomic mass is 16.5. The number of carbonyl (C=O) groups excluding carboxylic acids is 2. The molecule has 1 heterocycles. The zero-order valence-corrected chi connectivity index (χ0v) is 13.8. The molecular weight excluding hydrogens is 292 g/mol. The lowest BCUT2D eigenvalue weighted by molar-refractivity contribution is -0.133. The first-order valence-electron chi connectivity index (χ1n) is 8.05. The molecule has 0 amide bonds. The zero-order chi connectivity index (χ0) is 16.6. The molecule has 1 unspecified atom stereocenters. The summed E-state index contributed by atoms with van der Waals surface area (Å²) in [6.45, 7) is 3.79. The third-order valence-electron chi connectivity index (χ3n) is 4.94. The quantitative estimate of drug-likeness (QED) is 0.800. The normalized spacial score (nSPS) is 24.5. The van der Waals surface area contributed by atoms with Crippen LogP contribution in [-0.2, 0) is 9.59 Å². The molecule has 1 fully saturated rings. The molecule has 1 atom stereocenters. The fourth-order valence-corrected chi connectivity index (χ4v) is 3.35. The molecule has 3 rings (SSSR count). The van der Waals surface area contributed by atoms with E-state index in [0.29, 0.717) is 19.3 Å². The van der Waals surface area contributed by atoms with Crippen LogP contribution in [-0.4, -0.2) is 24.8 Å². The summed E-state index contributed by atoms with van der Waals surface area (Å²) in [6.07, 6.45) is 4.11. The first kappa shape index (κ1) is 15.8. The summed E-state index contributed by atoms with van der Waals surface area (Å²) in [7, 11) is 1.63. The second-order valence-electron chi connectivity index (χ2n) is 6.61. The number of Topliss-reactive ketones (excluding diaryl/α,β-unsaturated/α-hetero) is 2. The molecule has 0 bridgehead atoms. The molecule has 4 heteroatoms. The number of rotatable bonds is 3. The summed E-state index contributed by atoms with van der Waals surface area (Å²) in [4.78, 5) is 24.2. The van der Waals surface area contributed by atoms with Crippen LogP contribution >= 0.6 is 0 Å². The van der Waals surface area contributed by atoms with Crippen molar-refractivity contribution in [2.24, 2.45) is 5.41 Å². The second kappa shape index (κ2) is 5.84. The molecule has 0 radical (unpaired) electrons. The first-order chi connectivity index (χ1) is 10.9. The number of ketones is 2. The monoisotopic (exact) mass is 314 g/mol. The van der Waals surface area contributed by atoms with Gasteiger partial charge in [-0.15, -0.1) is 0 Å². The van der Waals surface area contributed by atoms with E-state index in [-0.39, 0.29) is 17.7 Å². The van der Waals surface area contributed by atoms with Crippen LogP contribution in [0.25, 0.3) is 5.57 Å². The summed E-state index contributed by atoms with van der Waals surface area (Å²) in [5.74, 6) is 1.68. The van der Waals surface area contributed by atoms with Crippen molar-refractivity contribution < 1.29 is 19.1 Å². The number of carbonyl (C=O) groups is 2. The van der Waals surface area contributed by atoms with E-state index >= 15 is 0 Å². The van der Waals surface area contributed by atoms with E-state index in [4.69, 9.17) is 9.47 Å². The molecule has 0 saturated heterocycles. The lowest BCUT2D eigenvalue weighted by Crippen LogP contribution is -2.28. The van der Waals surface area contributed by atoms with Gasteiger partial charge in [-0.2, -0.15) is 0 Å². The predicted molar refractivity (Wildman–Crippen MR) is 87.7 cm³/mol. The Hall–Kier alpha value is -2.10. The number of methoxy groups -OCH3 is 1. The van der Waals surface area contributed by atoms with Crippen LogP contribution in [0.1, 0.15) is 45.1 Å². The Bertz CT molecular complexity index is 671. The van der Waals surface area contributed by atoms with Crippen molar-refractivity contribution in [3.05, 3.63) is 29.8 Å². The third kappa shape index (κ3) is 2.78. The minimum Gasteiger partial charge on any atom is -0.497 e. The largest absolute Gasteiger partial charge is 0.497 e. The predicted octanol–water partition coefficient (Wildman–Crippen LogP) is 3.58. The van der Waals surface area contributed by atoms with Gasteiger partial charge in [0.15, 0.2) is 0 Å². The summed E-state index contributed by atoms with van der Waals surface area (Å²) in [6, 6.07) is 5.76. The summed E-state index contributed by atoms with van der Waals surface area (Å²) < 4.78 is 11.1. The van der Waals surface area contributed by atoms with Crippen molar-refractivity contribution in [3.8, 4) is 11.5 Å². The Morgan fingerprint density at radius 1 is 1.30 bits per heavy atom. The lowest BCUT2D eigenvalue weighted by Gasteiger charge is -2.27. The number of hydrogen-bond donors (Lipinski definition) is 0. The first-order valence-corrected chi connectivity index (χ1v) is 8.05. The van der Waals surface area contributed by atoms with Crippen LogP contribution in [0.2, 0.25) is 0 Å². The molecular formula is C19H22O4. The molecule has 0 aromatic heterocycles. The molecule has 23 heavy (non-hydrogen) atoms. The smallest absolute Gasteiger partial charge is 0.146 e. The van der Waals surface area contributed by atoms with E-state index in [0.717, 1.165) is 29.1 Å². The van der Waals surface area contributed by atoms with E-state index in [1.807, 2.05) is 31.2 Å². The fraction of sp³-hybridized carbons (Fsp3) is 0.474. The van der Waals surface area contributed by atoms with E-state index in [1.165, 1.54) is 0 Å². The topological polar surface area (TPSA) is 52.6 Å². The number of benzene rings is 1. The van der Waals surface area contributed by atoms with Gasteiger partial charge in [-0.25, -0.2) is 0 Å². The van der Waals surface area contributed by atoms with Gasteiger partial charge in [0.05, 0.1) is 18.6 Å². The van der Waals surface area contributed by atoms with Crippen LogP contribution in [0, 0.1) is 5.41 Å². The van der Waals surface area contributed by atoms with Crippen molar-refractivity contribution in [3.63, 3.8) is 0 Å². The Morgan fingerprint density at radius 3 is 2.65 bits per heavy atom. The van der Waals surface area contributed by atoms with Gasteiger partial charge in [-0.3, -0.25) is 9.59 Å². The average Bonchev–Trinajstić information content (AvgIpc) is 2.79.